The van der Waals surface area contributed by atoms with E-state index in [0.717, 1.165) is 10.4 Å². The molecule has 2 aromatic carbocycles. The molecular weight excluding hydrogens is 470 g/mol. The lowest BCUT2D eigenvalue weighted by atomic mass is 10.1. The van der Waals surface area contributed by atoms with Gasteiger partial charge in [-0.15, -0.1) is 0 Å². The molecular formula is C26H26F2N4O4. The van der Waals surface area contributed by atoms with Crippen LogP contribution in [0.1, 0.15) is 29.0 Å². The summed E-state index contributed by atoms with van der Waals surface area (Å²) in [5.41, 5.74) is 0.775. The number of piperidine rings is 1. The standard InChI is InChI=1S/C26H26F2N4O4/c1-14-11-18-19(30(14)2)5-6-20(23(18)28)32-25(33)17-13-22(36-4)21(35-3)12-16(17)24(29-32)26(34)31-9-7-15(27)8-10-31/h5-6,11-13,15H,7-10H2,1-4H3. The number of halogens is 2. The molecule has 3 heterocycles. The molecule has 1 aliphatic heterocycles. The first-order chi connectivity index (χ1) is 17.2. The van der Waals surface area contributed by atoms with E-state index >= 15 is 4.39 Å². The Hall–Kier alpha value is -3.95. The molecule has 0 bridgehead atoms. The Morgan fingerprint density at radius 3 is 2.31 bits per heavy atom. The molecule has 8 nitrogen and oxygen atoms in total. The van der Waals surface area contributed by atoms with Crippen LogP contribution in [0.15, 0.2) is 35.1 Å². The van der Waals surface area contributed by atoms with Crippen LogP contribution in [-0.2, 0) is 7.05 Å². The van der Waals surface area contributed by atoms with Gasteiger partial charge in [0.25, 0.3) is 11.5 Å². The molecule has 10 heteroatoms. The summed E-state index contributed by atoms with van der Waals surface area (Å²) in [4.78, 5) is 28.7. The fraction of sp³-hybridized carbons (Fsp3) is 0.346. The molecule has 1 fully saturated rings. The molecule has 0 radical (unpaired) electrons. The van der Waals surface area contributed by atoms with Crippen LogP contribution in [0.4, 0.5) is 8.78 Å². The first-order valence-corrected chi connectivity index (χ1v) is 11.6. The Kier molecular flexibility index (Phi) is 5.89. The van der Waals surface area contributed by atoms with Crippen molar-refractivity contribution in [3.8, 4) is 17.2 Å². The number of aromatic nitrogens is 3. The van der Waals surface area contributed by atoms with Gasteiger partial charge in [-0.05, 0) is 50.1 Å². The number of nitrogens with zero attached hydrogens (tertiary/aromatic N) is 4. The first kappa shape index (κ1) is 23.8. The van der Waals surface area contributed by atoms with Gasteiger partial charge in [0.15, 0.2) is 23.0 Å². The maximum atomic E-state index is 15.7. The lowest BCUT2D eigenvalue weighted by Crippen LogP contribution is -2.40. The SMILES string of the molecule is COc1cc2c(C(=O)N3CCC(F)CC3)nn(-c3ccc4c(cc(C)n4C)c3F)c(=O)c2cc1OC. The van der Waals surface area contributed by atoms with E-state index in [9.17, 15) is 14.0 Å². The molecule has 0 N–H and O–H groups in total. The summed E-state index contributed by atoms with van der Waals surface area (Å²) >= 11 is 0. The normalized spacial score (nSPS) is 14.6. The fourth-order valence-electron chi connectivity index (χ4n) is 4.75. The van der Waals surface area contributed by atoms with E-state index in [0.29, 0.717) is 16.7 Å². The van der Waals surface area contributed by atoms with Crippen LogP contribution in [0.2, 0.25) is 0 Å². The van der Waals surface area contributed by atoms with Crippen molar-refractivity contribution >= 4 is 27.6 Å². The van der Waals surface area contributed by atoms with Gasteiger partial charge in [-0.3, -0.25) is 9.59 Å². The Balaban J connectivity index is 1.78. The quantitative estimate of drug-likeness (QED) is 0.428. The minimum Gasteiger partial charge on any atom is -0.493 e. The van der Waals surface area contributed by atoms with Crippen molar-refractivity contribution in [2.24, 2.45) is 7.05 Å². The van der Waals surface area contributed by atoms with E-state index in [1.54, 1.807) is 12.1 Å². The van der Waals surface area contributed by atoms with E-state index < -0.39 is 23.5 Å². The highest BCUT2D eigenvalue weighted by Gasteiger charge is 2.28. The topological polar surface area (TPSA) is 78.6 Å². The summed E-state index contributed by atoms with van der Waals surface area (Å²) in [5, 5.41) is 5.08. The second-order valence-electron chi connectivity index (χ2n) is 8.96. The van der Waals surface area contributed by atoms with Gasteiger partial charge in [0, 0.05) is 36.6 Å². The largest absolute Gasteiger partial charge is 0.493 e. The number of carbonyl (C=O) groups excluding carboxylic acids is 1. The van der Waals surface area contributed by atoms with Crippen LogP contribution in [0.3, 0.4) is 0 Å². The molecule has 0 spiro atoms. The highest BCUT2D eigenvalue weighted by atomic mass is 19.1. The molecule has 1 saturated heterocycles. The molecule has 0 atom stereocenters. The molecule has 188 valence electrons. The zero-order chi connectivity index (χ0) is 25.7. The lowest BCUT2D eigenvalue weighted by Gasteiger charge is -2.28. The number of ether oxygens (including phenoxy) is 2. The number of hydrogen-bond donors (Lipinski definition) is 0. The Labute approximate surface area is 205 Å². The predicted octanol–water partition coefficient (Wildman–Crippen LogP) is 3.92. The Morgan fingerprint density at radius 1 is 1.03 bits per heavy atom. The molecule has 5 rings (SSSR count). The average molecular weight is 497 g/mol. The van der Waals surface area contributed by atoms with Gasteiger partial charge in [-0.1, -0.05) is 0 Å². The average Bonchev–Trinajstić information content (AvgIpc) is 3.18. The van der Waals surface area contributed by atoms with Crippen molar-refractivity contribution in [1.82, 2.24) is 19.2 Å². The minimum atomic E-state index is -0.966. The second kappa shape index (κ2) is 8.92. The maximum Gasteiger partial charge on any atom is 0.279 e. The van der Waals surface area contributed by atoms with Gasteiger partial charge < -0.3 is 18.9 Å². The van der Waals surface area contributed by atoms with Crippen molar-refractivity contribution in [2.45, 2.75) is 25.9 Å². The highest BCUT2D eigenvalue weighted by Crippen LogP contribution is 2.33. The predicted molar refractivity (Wildman–Crippen MR) is 132 cm³/mol. The second-order valence-corrected chi connectivity index (χ2v) is 8.96. The number of carbonyl (C=O) groups is 1. The number of likely N-dealkylation sites (tertiary alicyclic amines) is 1. The van der Waals surface area contributed by atoms with Crippen LogP contribution >= 0.6 is 0 Å². The van der Waals surface area contributed by atoms with Gasteiger partial charge in [0.1, 0.15) is 11.9 Å². The number of rotatable bonds is 4. The van der Waals surface area contributed by atoms with E-state index in [-0.39, 0.29) is 53.8 Å². The molecule has 0 unspecified atom stereocenters. The van der Waals surface area contributed by atoms with Gasteiger partial charge in [-0.2, -0.15) is 9.78 Å². The third-order valence-electron chi connectivity index (χ3n) is 6.92. The zero-order valence-electron chi connectivity index (χ0n) is 20.5. The summed E-state index contributed by atoms with van der Waals surface area (Å²) in [5.74, 6) is -0.494. The number of benzene rings is 2. The third kappa shape index (κ3) is 3.68. The summed E-state index contributed by atoms with van der Waals surface area (Å²) in [6.07, 6.45) is -0.523. The maximum absolute atomic E-state index is 15.7. The highest BCUT2D eigenvalue weighted by molar-refractivity contribution is 6.05. The van der Waals surface area contributed by atoms with Crippen molar-refractivity contribution < 1.29 is 23.0 Å². The van der Waals surface area contributed by atoms with Crippen LogP contribution in [0, 0.1) is 12.7 Å². The molecule has 2 aromatic heterocycles. The van der Waals surface area contributed by atoms with E-state index in [1.165, 1.54) is 37.3 Å². The summed E-state index contributed by atoms with van der Waals surface area (Å²) in [6.45, 7) is 2.30. The number of hydrogen-bond acceptors (Lipinski definition) is 5. The first-order valence-electron chi connectivity index (χ1n) is 11.6. The zero-order valence-corrected chi connectivity index (χ0v) is 20.5. The lowest BCUT2D eigenvalue weighted by molar-refractivity contribution is 0.0661. The molecule has 1 aliphatic rings. The van der Waals surface area contributed by atoms with Crippen molar-refractivity contribution in [3.05, 3.63) is 57.9 Å². The fourth-order valence-corrected chi connectivity index (χ4v) is 4.75. The number of methoxy groups -OCH3 is 2. The molecule has 1 amide bonds. The van der Waals surface area contributed by atoms with Gasteiger partial charge in [0.05, 0.1) is 25.1 Å². The van der Waals surface area contributed by atoms with Crippen LogP contribution < -0.4 is 15.0 Å². The van der Waals surface area contributed by atoms with E-state index in [2.05, 4.69) is 5.10 Å². The van der Waals surface area contributed by atoms with Gasteiger partial charge >= 0.3 is 0 Å². The van der Waals surface area contributed by atoms with E-state index in [4.69, 9.17) is 9.47 Å². The van der Waals surface area contributed by atoms with Gasteiger partial charge in [-0.25, -0.2) is 8.78 Å². The number of aryl methyl sites for hydroxylation is 2. The smallest absolute Gasteiger partial charge is 0.279 e. The number of fused-ring (bicyclic) bond motifs is 2. The molecule has 36 heavy (non-hydrogen) atoms. The summed E-state index contributed by atoms with van der Waals surface area (Å²) in [7, 11) is 4.70. The molecule has 0 aliphatic carbocycles. The Morgan fingerprint density at radius 2 is 1.67 bits per heavy atom. The number of alkyl halides is 1. The Bertz CT molecular complexity index is 1570. The monoisotopic (exact) mass is 496 g/mol. The van der Waals surface area contributed by atoms with Gasteiger partial charge in [0.2, 0.25) is 0 Å². The minimum absolute atomic E-state index is 0.0494. The number of amides is 1. The summed E-state index contributed by atoms with van der Waals surface area (Å²) in [6, 6.07) is 7.86. The van der Waals surface area contributed by atoms with Crippen molar-refractivity contribution in [1.29, 1.82) is 0 Å². The van der Waals surface area contributed by atoms with E-state index in [1.807, 2.05) is 18.5 Å². The molecule has 4 aromatic rings. The van der Waals surface area contributed by atoms with Crippen LogP contribution in [-0.4, -0.2) is 58.6 Å². The van der Waals surface area contributed by atoms with Crippen LogP contribution in [0.25, 0.3) is 27.4 Å². The third-order valence-corrected chi connectivity index (χ3v) is 6.92. The van der Waals surface area contributed by atoms with Crippen molar-refractivity contribution in [3.63, 3.8) is 0 Å². The van der Waals surface area contributed by atoms with Crippen LogP contribution in [0.5, 0.6) is 11.5 Å². The van der Waals surface area contributed by atoms with Crippen molar-refractivity contribution in [2.75, 3.05) is 27.3 Å². The molecule has 0 saturated carbocycles. The summed E-state index contributed by atoms with van der Waals surface area (Å²) < 4.78 is 43.0.